The van der Waals surface area contributed by atoms with Gasteiger partial charge in [0.05, 0.1) is 12.6 Å². The van der Waals surface area contributed by atoms with E-state index in [4.69, 9.17) is 4.52 Å². The quantitative estimate of drug-likeness (QED) is 0.482. The Morgan fingerprint density at radius 3 is 2.86 bits per heavy atom. The molecule has 1 fully saturated rings. The predicted molar refractivity (Wildman–Crippen MR) is 105 cm³/mol. The predicted octanol–water partition coefficient (Wildman–Crippen LogP) is 2.32. The molecule has 0 bridgehead atoms. The molecular formula is C19H28N6O3. The van der Waals surface area contributed by atoms with Crippen molar-refractivity contribution in [1.29, 1.82) is 0 Å². The van der Waals surface area contributed by atoms with Crippen LogP contribution in [0.5, 0.6) is 0 Å². The number of rotatable bonds is 9. The van der Waals surface area contributed by atoms with Gasteiger partial charge < -0.3 is 25.6 Å². The van der Waals surface area contributed by atoms with E-state index in [0.29, 0.717) is 23.0 Å². The van der Waals surface area contributed by atoms with E-state index in [1.165, 1.54) is 6.26 Å². The lowest BCUT2D eigenvalue weighted by Gasteiger charge is -2.27. The summed E-state index contributed by atoms with van der Waals surface area (Å²) in [6.07, 6.45) is 8.03. The first-order valence-corrected chi connectivity index (χ1v) is 9.88. The first kappa shape index (κ1) is 20.1. The normalized spacial score (nSPS) is 19.2. The lowest BCUT2D eigenvalue weighted by atomic mass is 9.93. The fourth-order valence-corrected chi connectivity index (χ4v) is 3.13. The number of amides is 1. The smallest absolute Gasteiger partial charge is 0.256 e. The minimum atomic E-state index is -0.276. The van der Waals surface area contributed by atoms with Crippen LogP contribution in [0.15, 0.2) is 23.0 Å². The molecule has 0 saturated heterocycles. The van der Waals surface area contributed by atoms with Gasteiger partial charge in [0.25, 0.3) is 5.91 Å². The molecule has 0 aromatic carbocycles. The van der Waals surface area contributed by atoms with Crippen molar-refractivity contribution in [3.8, 4) is 0 Å². The van der Waals surface area contributed by atoms with E-state index in [9.17, 15) is 9.90 Å². The highest BCUT2D eigenvalue weighted by Crippen LogP contribution is 2.23. The zero-order valence-corrected chi connectivity index (χ0v) is 16.1. The Morgan fingerprint density at radius 2 is 2.14 bits per heavy atom. The summed E-state index contributed by atoms with van der Waals surface area (Å²) in [6, 6.07) is 1.87. The molecule has 2 heterocycles. The second-order valence-electron chi connectivity index (χ2n) is 7.06. The lowest BCUT2D eigenvalue weighted by molar-refractivity contribution is 0.0949. The fourth-order valence-electron chi connectivity index (χ4n) is 3.13. The van der Waals surface area contributed by atoms with Crippen LogP contribution < -0.4 is 16.0 Å². The molecule has 0 radical (unpaired) electrons. The molecule has 3 rings (SSSR count). The van der Waals surface area contributed by atoms with Crippen LogP contribution in [-0.4, -0.2) is 44.8 Å². The van der Waals surface area contributed by atoms with E-state index < -0.39 is 0 Å². The van der Waals surface area contributed by atoms with Crippen molar-refractivity contribution in [3.63, 3.8) is 0 Å². The van der Waals surface area contributed by atoms with Crippen LogP contribution in [0, 0.1) is 0 Å². The monoisotopic (exact) mass is 388 g/mol. The number of aromatic nitrogens is 3. The molecule has 1 saturated carbocycles. The van der Waals surface area contributed by atoms with Crippen LogP contribution in [0.25, 0.3) is 0 Å². The summed E-state index contributed by atoms with van der Waals surface area (Å²) in [7, 11) is 0. The molecule has 1 aliphatic rings. The zero-order chi connectivity index (χ0) is 19.8. The highest BCUT2D eigenvalue weighted by atomic mass is 16.5. The van der Waals surface area contributed by atoms with Gasteiger partial charge in [0.2, 0.25) is 5.95 Å². The van der Waals surface area contributed by atoms with Gasteiger partial charge in [-0.1, -0.05) is 18.5 Å². The third-order valence-electron chi connectivity index (χ3n) is 4.81. The number of carbonyl (C=O) groups is 1. The van der Waals surface area contributed by atoms with E-state index in [1.54, 1.807) is 12.3 Å². The number of nitrogens with zero attached hydrogens (tertiary/aromatic N) is 3. The highest BCUT2D eigenvalue weighted by Gasteiger charge is 2.22. The Labute approximate surface area is 164 Å². The number of carbonyl (C=O) groups excluding carboxylic acids is 1. The minimum Gasteiger partial charge on any atom is -0.393 e. The van der Waals surface area contributed by atoms with Gasteiger partial charge in [0.1, 0.15) is 23.3 Å². The van der Waals surface area contributed by atoms with E-state index in [2.05, 4.69) is 38.0 Å². The maximum absolute atomic E-state index is 12.7. The molecule has 0 unspecified atom stereocenters. The number of hydrogen-bond donors (Lipinski definition) is 4. The van der Waals surface area contributed by atoms with Gasteiger partial charge in [0, 0.05) is 24.8 Å². The van der Waals surface area contributed by atoms with Crippen molar-refractivity contribution in [1.82, 2.24) is 20.4 Å². The molecule has 0 spiro atoms. The topological polar surface area (TPSA) is 125 Å². The molecule has 4 N–H and O–H groups in total. The average molecular weight is 388 g/mol. The van der Waals surface area contributed by atoms with Crippen molar-refractivity contribution in [2.45, 2.75) is 64.1 Å². The number of hydrogen-bond acceptors (Lipinski definition) is 8. The number of aliphatic hydroxyl groups is 1. The van der Waals surface area contributed by atoms with E-state index >= 15 is 0 Å². The lowest BCUT2D eigenvalue weighted by Crippen LogP contribution is -2.31. The number of anilines is 2. The molecule has 28 heavy (non-hydrogen) atoms. The van der Waals surface area contributed by atoms with Crippen LogP contribution in [0.4, 0.5) is 11.8 Å². The number of nitrogens with one attached hydrogen (secondary N) is 3. The van der Waals surface area contributed by atoms with Gasteiger partial charge in [-0.05, 0) is 32.1 Å². The Hall–Kier alpha value is -2.68. The third kappa shape index (κ3) is 5.66. The van der Waals surface area contributed by atoms with Crippen LogP contribution in [0.1, 0.15) is 61.5 Å². The zero-order valence-electron chi connectivity index (χ0n) is 16.1. The molecule has 9 nitrogen and oxygen atoms in total. The summed E-state index contributed by atoms with van der Waals surface area (Å²) in [5.74, 6) is 0.731. The van der Waals surface area contributed by atoms with E-state index in [1.807, 2.05) is 0 Å². The largest absolute Gasteiger partial charge is 0.393 e. The van der Waals surface area contributed by atoms with Gasteiger partial charge in [-0.2, -0.15) is 4.98 Å². The first-order valence-electron chi connectivity index (χ1n) is 9.88. The van der Waals surface area contributed by atoms with Crippen LogP contribution in [0.3, 0.4) is 0 Å². The minimum absolute atomic E-state index is 0.170. The number of aliphatic hydroxyl groups excluding tert-OH is 1. The second kappa shape index (κ2) is 10.0. The van der Waals surface area contributed by atoms with Crippen molar-refractivity contribution < 1.29 is 14.4 Å². The van der Waals surface area contributed by atoms with Crippen molar-refractivity contribution in [3.05, 3.63) is 29.8 Å². The summed E-state index contributed by atoms with van der Waals surface area (Å²) in [5, 5.41) is 22.9. The Bertz CT molecular complexity index is 744. The van der Waals surface area contributed by atoms with Crippen LogP contribution in [0.2, 0.25) is 0 Å². The van der Waals surface area contributed by atoms with E-state index in [0.717, 1.165) is 45.1 Å². The molecule has 1 amide bonds. The molecule has 152 valence electrons. The maximum atomic E-state index is 12.7. The highest BCUT2D eigenvalue weighted by molar-refractivity contribution is 5.98. The third-order valence-corrected chi connectivity index (χ3v) is 4.81. The van der Waals surface area contributed by atoms with Crippen molar-refractivity contribution >= 4 is 17.7 Å². The summed E-state index contributed by atoms with van der Waals surface area (Å²) >= 11 is 0. The number of unbranched alkanes of at least 4 members (excludes halogenated alkanes) is 1. The summed E-state index contributed by atoms with van der Waals surface area (Å²) in [5.41, 5.74) is 1.03. The second-order valence-corrected chi connectivity index (χ2v) is 7.06. The van der Waals surface area contributed by atoms with Crippen molar-refractivity contribution in [2.24, 2.45) is 0 Å². The Balaban J connectivity index is 1.71. The first-order chi connectivity index (χ1) is 13.7. The molecule has 2 aromatic rings. The summed E-state index contributed by atoms with van der Waals surface area (Å²) in [4.78, 5) is 21.5. The maximum Gasteiger partial charge on any atom is 0.256 e. The fraction of sp³-hybridized carbons (Fsp3) is 0.579. The SMILES string of the molecule is CCCCNc1ncc(C(=O)NCc2ccon2)c(NC2CCC(O)CC2)n1. The Morgan fingerprint density at radius 1 is 1.32 bits per heavy atom. The van der Waals surface area contributed by atoms with Gasteiger partial charge in [-0.25, -0.2) is 4.98 Å². The van der Waals surface area contributed by atoms with E-state index in [-0.39, 0.29) is 24.6 Å². The molecular weight excluding hydrogens is 360 g/mol. The molecule has 2 aromatic heterocycles. The standard InChI is InChI=1S/C19H28N6O3/c1-2-3-9-20-19-22-12-16(18(27)21-11-14-8-10-28-25-14)17(24-19)23-13-4-6-15(26)7-5-13/h8,10,12-13,15,26H,2-7,9,11H2,1H3,(H,21,27)(H2,20,22,23,24). The van der Waals surface area contributed by atoms with Crippen LogP contribution in [-0.2, 0) is 6.54 Å². The van der Waals surface area contributed by atoms with Gasteiger partial charge in [-0.3, -0.25) is 4.79 Å². The van der Waals surface area contributed by atoms with Gasteiger partial charge in [-0.15, -0.1) is 0 Å². The molecule has 0 aliphatic heterocycles. The van der Waals surface area contributed by atoms with Crippen LogP contribution >= 0.6 is 0 Å². The van der Waals surface area contributed by atoms with Gasteiger partial charge >= 0.3 is 0 Å². The molecule has 9 heteroatoms. The summed E-state index contributed by atoms with van der Waals surface area (Å²) < 4.78 is 4.78. The van der Waals surface area contributed by atoms with Crippen molar-refractivity contribution in [2.75, 3.05) is 17.2 Å². The average Bonchev–Trinajstić information content (AvgIpc) is 3.22. The Kier molecular flexibility index (Phi) is 7.18. The summed E-state index contributed by atoms with van der Waals surface area (Å²) in [6.45, 7) is 3.17. The molecule has 0 atom stereocenters. The molecule has 1 aliphatic carbocycles. The van der Waals surface area contributed by atoms with Gasteiger partial charge in [0.15, 0.2) is 0 Å².